The van der Waals surface area contributed by atoms with Crippen molar-refractivity contribution in [2.75, 3.05) is 9.80 Å². The second-order valence-corrected chi connectivity index (χ2v) is 19.2. The van der Waals surface area contributed by atoms with Crippen LogP contribution in [-0.4, -0.2) is 0 Å². The molecular weight excluding hydrogens is 877 g/mol. The summed E-state index contributed by atoms with van der Waals surface area (Å²) < 4.78 is 2.56. The van der Waals surface area contributed by atoms with Crippen molar-refractivity contribution in [2.45, 2.75) is 0 Å². The molecule has 0 saturated heterocycles. The van der Waals surface area contributed by atoms with Gasteiger partial charge < -0.3 is 9.80 Å². The van der Waals surface area contributed by atoms with Gasteiger partial charge in [-0.05, 0) is 151 Å². The highest BCUT2D eigenvalue weighted by atomic mass is 32.1. The number of nitrogens with zero attached hydrogens (tertiary/aromatic N) is 2. The van der Waals surface area contributed by atoms with Crippen molar-refractivity contribution >= 4 is 87.2 Å². The van der Waals surface area contributed by atoms with Crippen LogP contribution in [0.15, 0.2) is 279 Å². The first-order valence-corrected chi connectivity index (χ1v) is 25.0. The molecule has 0 spiro atoms. The summed E-state index contributed by atoms with van der Waals surface area (Å²) in [4.78, 5) is 4.83. The zero-order chi connectivity index (χ0) is 47.1. The Hall–Kier alpha value is -9.02. The van der Waals surface area contributed by atoms with Crippen LogP contribution in [0.3, 0.4) is 0 Å². The third-order valence-electron chi connectivity index (χ3n) is 13.8. The molecule has 0 radical (unpaired) electrons. The van der Waals surface area contributed by atoms with Gasteiger partial charge in [0.2, 0.25) is 0 Å². The minimum atomic E-state index is 1.08. The molecule has 0 N–H and O–H groups in total. The molecule has 0 fully saturated rings. The van der Waals surface area contributed by atoms with Gasteiger partial charge >= 0.3 is 0 Å². The molecule has 0 unspecified atom stereocenters. The molecular formula is C68H46N2S. The van der Waals surface area contributed by atoms with Crippen molar-refractivity contribution in [2.24, 2.45) is 0 Å². The molecule has 0 aliphatic rings. The van der Waals surface area contributed by atoms with Gasteiger partial charge in [0.25, 0.3) is 0 Å². The van der Waals surface area contributed by atoms with Crippen LogP contribution in [0.5, 0.6) is 0 Å². The summed E-state index contributed by atoms with van der Waals surface area (Å²) in [6.07, 6.45) is 0. The summed E-state index contributed by atoms with van der Waals surface area (Å²) in [5.74, 6) is 0. The maximum absolute atomic E-state index is 2.45. The fourth-order valence-corrected chi connectivity index (χ4v) is 11.5. The van der Waals surface area contributed by atoms with Crippen LogP contribution < -0.4 is 9.80 Å². The summed E-state index contributed by atoms with van der Waals surface area (Å²) >= 11 is 1.85. The van der Waals surface area contributed by atoms with Crippen LogP contribution in [0, 0.1) is 0 Å². The van der Waals surface area contributed by atoms with Gasteiger partial charge in [0, 0.05) is 48.6 Å². The molecule has 2 nitrogen and oxygen atoms in total. The first-order valence-electron chi connectivity index (χ1n) is 24.2. The molecule has 334 valence electrons. The van der Waals surface area contributed by atoms with Gasteiger partial charge in [0.05, 0.1) is 5.69 Å². The molecule has 71 heavy (non-hydrogen) atoms. The number of hydrogen-bond donors (Lipinski definition) is 0. The third kappa shape index (κ3) is 7.99. The van der Waals surface area contributed by atoms with E-state index in [4.69, 9.17) is 0 Å². The number of hydrogen-bond acceptors (Lipinski definition) is 3. The zero-order valence-electron chi connectivity index (χ0n) is 38.9. The minimum Gasteiger partial charge on any atom is -0.310 e. The number of fused-ring (bicyclic) bond motifs is 5. The quantitative estimate of drug-likeness (QED) is 0.135. The summed E-state index contributed by atoms with van der Waals surface area (Å²) in [6.45, 7) is 0. The largest absolute Gasteiger partial charge is 0.310 e. The Morgan fingerprint density at radius 1 is 0.239 bits per heavy atom. The lowest BCUT2D eigenvalue weighted by Crippen LogP contribution is -2.11. The first kappa shape index (κ1) is 42.1. The van der Waals surface area contributed by atoms with Crippen molar-refractivity contribution in [1.29, 1.82) is 0 Å². The van der Waals surface area contributed by atoms with Gasteiger partial charge in [-0.1, -0.05) is 194 Å². The second kappa shape index (κ2) is 18.1. The predicted molar refractivity (Wildman–Crippen MR) is 305 cm³/mol. The maximum Gasteiger partial charge on any atom is 0.0554 e. The summed E-state index contributed by atoms with van der Waals surface area (Å²) in [6, 6.07) is 102. The van der Waals surface area contributed by atoms with Crippen molar-refractivity contribution in [3.8, 4) is 44.5 Å². The van der Waals surface area contributed by atoms with Gasteiger partial charge in [-0.2, -0.15) is 0 Å². The molecule has 3 heteroatoms. The Morgan fingerprint density at radius 2 is 0.704 bits per heavy atom. The Balaban J connectivity index is 0.924. The molecule has 0 aliphatic heterocycles. The van der Waals surface area contributed by atoms with E-state index in [9.17, 15) is 0 Å². The Bertz CT molecular complexity index is 4050. The average molecular weight is 923 g/mol. The molecule has 0 bridgehead atoms. The monoisotopic (exact) mass is 922 g/mol. The highest BCUT2D eigenvalue weighted by Gasteiger charge is 2.21. The van der Waals surface area contributed by atoms with Gasteiger partial charge in [0.15, 0.2) is 0 Å². The molecule has 1 aromatic heterocycles. The van der Waals surface area contributed by atoms with Crippen LogP contribution in [-0.2, 0) is 0 Å². The van der Waals surface area contributed by atoms with Crippen LogP contribution in [0.1, 0.15) is 0 Å². The van der Waals surface area contributed by atoms with Crippen molar-refractivity contribution in [3.63, 3.8) is 0 Å². The Kier molecular flexibility index (Phi) is 10.8. The van der Waals surface area contributed by atoms with E-state index >= 15 is 0 Å². The SMILES string of the molecule is c1ccc(-c2cccc(N(c3cccc(-c4cccc(N(c5ccc(-c6ccc7ccccc7c6)cc5)c5ccc(-c6cccc7ccccc67)cc5)c4)c3)c3cccc4sc5ccccc5c34)c2)cc1. The van der Waals surface area contributed by atoms with Crippen LogP contribution in [0.2, 0.25) is 0 Å². The van der Waals surface area contributed by atoms with Gasteiger partial charge in [0.1, 0.15) is 0 Å². The molecule has 1 heterocycles. The second-order valence-electron chi connectivity index (χ2n) is 18.1. The fraction of sp³-hybridized carbons (Fsp3) is 0. The lowest BCUT2D eigenvalue weighted by Gasteiger charge is -2.28. The summed E-state index contributed by atoms with van der Waals surface area (Å²) in [7, 11) is 0. The molecule has 0 aliphatic carbocycles. The van der Waals surface area contributed by atoms with E-state index in [1.165, 1.54) is 75.1 Å². The smallest absolute Gasteiger partial charge is 0.0554 e. The first-order chi connectivity index (χ1) is 35.2. The third-order valence-corrected chi connectivity index (χ3v) is 14.9. The van der Waals surface area contributed by atoms with Crippen LogP contribution in [0.4, 0.5) is 34.1 Å². The average Bonchev–Trinajstić information content (AvgIpc) is 3.83. The summed E-state index contributed by atoms with van der Waals surface area (Å²) in [5.41, 5.74) is 16.0. The maximum atomic E-state index is 2.45. The molecule has 12 aromatic carbocycles. The number of benzene rings is 12. The highest BCUT2D eigenvalue weighted by Crippen LogP contribution is 2.47. The normalized spacial score (nSPS) is 11.4. The highest BCUT2D eigenvalue weighted by molar-refractivity contribution is 7.26. The molecule has 13 aromatic rings. The fourth-order valence-electron chi connectivity index (χ4n) is 10.4. The van der Waals surface area contributed by atoms with E-state index in [-0.39, 0.29) is 0 Å². The van der Waals surface area contributed by atoms with Gasteiger partial charge in [-0.3, -0.25) is 0 Å². The van der Waals surface area contributed by atoms with Gasteiger partial charge in [-0.15, -0.1) is 11.3 Å². The molecule has 13 rings (SSSR count). The molecule has 0 amide bonds. The van der Waals surface area contributed by atoms with Crippen LogP contribution >= 0.6 is 11.3 Å². The topological polar surface area (TPSA) is 6.48 Å². The van der Waals surface area contributed by atoms with Crippen molar-refractivity contribution < 1.29 is 0 Å². The number of thiophene rings is 1. The number of rotatable bonds is 10. The van der Waals surface area contributed by atoms with Crippen molar-refractivity contribution in [3.05, 3.63) is 279 Å². The predicted octanol–water partition coefficient (Wildman–Crippen LogP) is 20.0. The minimum absolute atomic E-state index is 1.08. The van der Waals surface area contributed by atoms with E-state index in [0.29, 0.717) is 0 Å². The Morgan fingerprint density at radius 3 is 1.41 bits per heavy atom. The molecule has 0 saturated carbocycles. The summed E-state index contributed by atoms with van der Waals surface area (Å²) in [5, 5.41) is 7.51. The lowest BCUT2D eigenvalue weighted by molar-refractivity contribution is 1.28. The number of anilines is 6. The van der Waals surface area contributed by atoms with Gasteiger partial charge in [-0.25, -0.2) is 0 Å². The molecule has 0 atom stereocenters. The van der Waals surface area contributed by atoms with E-state index < -0.39 is 0 Å². The zero-order valence-corrected chi connectivity index (χ0v) is 39.7. The standard InChI is InChI=1S/C68H46N2S/c1-2-15-47(16-3-1)53-21-10-25-60(44-53)70(65-30-14-32-67-68(65)64-28-8-9-31-66(64)71-67)61-26-12-23-55(46-61)54-22-11-24-59(45-54)69(57-39-35-49(36-40-57)56-34-33-48-17-4-5-19-52(48)43-56)58-41-37-51(38-42-58)63-29-13-20-50-18-6-7-27-62(50)63/h1-46H. The lowest BCUT2D eigenvalue weighted by atomic mass is 9.98. The van der Waals surface area contributed by atoms with E-state index in [1.807, 2.05) is 11.3 Å². The van der Waals surface area contributed by atoms with E-state index in [1.54, 1.807) is 0 Å². The van der Waals surface area contributed by atoms with E-state index in [2.05, 4.69) is 289 Å². The van der Waals surface area contributed by atoms with E-state index in [0.717, 1.165) is 45.3 Å². The Labute approximate surface area is 418 Å². The van der Waals surface area contributed by atoms with Crippen molar-refractivity contribution in [1.82, 2.24) is 0 Å². The van der Waals surface area contributed by atoms with Crippen LogP contribution in [0.25, 0.3) is 86.2 Å².